The second-order valence-electron chi connectivity index (χ2n) is 5.40. The van der Waals surface area contributed by atoms with Crippen LogP contribution in [0.2, 0.25) is 0 Å². The van der Waals surface area contributed by atoms with Crippen LogP contribution < -0.4 is 0 Å². The molecule has 0 radical (unpaired) electrons. The van der Waals surface area contributed by atoms with E-state index < -0.39 is 0 Å². The van der Waals surface area contributed by atoms with Crippen molar-refractivity contribution in [2.75, 3.05) is 0 Å². The maximum Gasteiger partial charge on any atom is 0.140 e. The number of rotatable bonds is 4. The Bertz CT molecular complexity index is 388. The number of carbonyl (C=O) groups excluding carboxylic acids is 1. The molecule has 1 saturated carbocycles. The fourth-order valence-corrected chi connectivity index (χ4v) is 2.84. The summed E-state index contributed by atoms with van der Waals surface area (Å²) in [5.74, 6) is 1.14. The Morgan fingerprint density at radius 3 is 2.33 bits per heavy atom. The van der Waals surface area contributed by atoms with Gasteiger partial charge in [0.05, 0.1) is 0 Å². The van der Waals surface area contributed by atoms with E-state index in [4.69, 9.17) is 0 Å². The van der Waals surface area contributed by atoms with Crippen LogP contribution in [0.5, 0.6) is 0 Å². The van der Waals surface area contributed by atoms with Crippen molar-refractivity contribution in [2.24, 2.45) is 11.8 Å². The van der Waals surface area contributed by atoms with Gasteiger partial charge in [-0.3, -0.25) is 4.79 Å². The maximum atomic E-state index is 12.8. The molecule has 18 heavy (non-hydrogen) atoms. The van der Waals surface area contributed by atoms with Gasteiger partial charge in [0.2, 0.25) is 0 Å². The minimum Gasteiger partial charge on any atom is -0.299 e. The quantitative estimate of drug-likeness (QED) is 0.782. The molecule has 0 N–H and O–H groups in total. The molecule has 0 aliphatic heterocycles. The summed E-state index contributed by atoms with van der Waals surface area (Å²) < 4.78 is 12.8. The molecule has 0 heterocycles. The Balaban J connectivity index is 1.87. The molecule has 0 aromatic heterocycles. The van der Waals surface area contributed by atoms with Gasteiger partial charge in [0.25, 0.3) is 0 Å². The summed E-state index contributed by atoms with van der Waals surface area (Å²) in [6.45, 7) is 2.23. The van der Waals surface area contributed by atoms with Gasteiger partial charge in [0.1, 0.15) is 11.6 Å². The molecule has 1 aromatic carbocycles. The Labute approximate surface area is 108 Å². The number of Topliss-reactive ketones (excluding diaryl/α,β-unsaturated/α-hetero) is 1. The summed E-state index contributed by atoms with van der Waals surface area (Å²) >= 11 is 0. The van der Waals surface area contributed by atoms with Gasteiger partial charge < -0.3 is 0 Å². The van der Waals surface area contributed by atoms with Crippen molar-refractivity contribution in [1.29, 1.82) is 0 Å². The first-order valence-corrected chi connectivity index (χ1v) is 6.96. The zero-order valence-corrected chi connectivity index (χ0v) is 11.0. The topological polar surface area (TPSA) is 17.1 Å². The predicted octanol–water partition coefficient (Wildman–Crippen LogP) is 4.15. The molecule has 1 aliphatic rings. The van der Waals surface area contributed by atoms with Gasteiger partial charge in [-0.15, -0.1) is 0 Å². The minimum absolute atomic E-state index is 0.234. The molecular weight excluding hydrogens is 227 g/mol. The van der Waals surface area contributed by atoms with Crippen LogP contribution in [-0.2, 0) is 11.2 Å². The van der Waals surface area contributed by atoms with Gasteiger partial charge in [-0.25, -0.2) is 4.39 Å². The third-order valence-corrected chi connectivity index (χ3v) is 4.17. The summed E-state index contributed by atoms with van der Waals surface area (Å²) in [4.78, 5) is 12.2. The van der Waals surface area contributed by atoms with E-state index in [9.17, 15) is 9.18 Å². The predicted molar refractivity (Wildman–Crippen MR) is 70.9 cm³/mol. The Kier molecular flexibility index (Phi) is 4.51. The average Bonchev–Trinajstić information content (AvgIpc) is 2.41. The second-order valence-corrected chi connectivity index (χ2v) is 5.40. The lowest BCUT2D eigenvalue weighted by Crippen LogP contribution is -2.23. The van der Waals surface area contributed by atoms with Crippen LogP contribution >= 0.6 is 0 Å². The van der Waals surface area contributed by atoms with E-state index in [2.05, 4.69) is 6.92 Å². The highest BCUT2D eigenvalue weighted by atomic mass is 19.1. The number of benzene rings is 1. The van der Waals surface area contributed by atoms with E-state index in [0.717, 1.165) is 24.3 Å². The minimum atomic E-state index is -0.241. The van der Waals surface area contributed by atoms with Crippen molar-refractivity contribution in [3.63, 3.8) is 0 Å². The van der Waals surface area contributed by atoms with Gasteiger partial charge in [0, 0.05) is 12.3 Å². The van der Waals surface area contributed by atoms with Crippen LogP contribution in [0.4, 0.5) is 4.39 Å². The molecule has 1 fully saturated rings. The Hall–Kier alpha value is -1.18. The third-order valence-electron chi connectivity index (χ3n) is 4.17. The molecule has 1 aromatic rings. The standard InChI is InChI=1S/C16H21FO/c1-2-12-3-7-14(8-4-12)16(18)11-13-5-9-15(17)10-6-13/h5-6,9-10,12,14H,2-4,7-8,11H2,1H3. The molecule has 0 spiro atoms. The maximum absolute atomic E-state index is 12.8. The van der Waals surface area contributed by atoms with E-state index in [1.165, 1.54) is 31.4 Å². The van der Waals surface area contributed by atoms with E-state index in [1.54, 1.807) is 12.1 Å². The average molecular weight is 248 g/mol. The molecule has 0 amide bonds. The zero-order chi connectivity index (χ0) is 13.0. The Morgan fingerprint density at radius 2 is 1.78 bits per heavy atom. The smallest absolute Gasteiger partial charge is 0.140 e. The van der Waals surface area contributed by atoms with Gasteiger partial charge in [-0.05, 0) is 49.3 Å². The molecule has 98 valence electrons. The molecule has 2 heteroatoms. The lowest BCUT2D eigenvalue weighted by atomic mass is 9.78. The molecule has 0 atom stereocenters. The summed E-state index contributed by atoms with van der Waals surface area (Å²) in [6.07, 6.45) is 6.16. The van der Waals surface area contributed by atoms with Crippen LogP contribution in [0.3, 0.4) is 0 Å². The van der Waals surface area contributed by atoms with Crippen molar-refractivity contribution in [1.82, 2.24) is 0 Å². The molecule has 1 nitrogen and oxygen atoms in total. The first-order chi connectivity index (χ1) is 8.69. The number of hydrogen-bond acceptors (Lipinski definition) is 1. The van der Waals surface area contributed by atoms with Crippen molar-refractivity contribution in [3.05, 3.63) is 35.6 Å². The second kappa shape index (κ2) is 6.12. The zero-order valence-electron chi connectivity index (χ0n) is 11.0. The largest absolute Gasteiger partial charge is 0.299 e. The summed E-state index contributed by atoms with van der Waals surface area (Å²) in [6, 6.07) is 6.28. The lowest BCUT2D eigenvalue weighted by molar-refractivity contribution is -0.123. The van der Waals surface area contributed by atoms with Crippen molar-refractivity contribution in [2.45, 2.75) is 45.4 Å². The summed E-state index contributed by atoms with van der Waals surface area (Å²) in [5.41, 5.74) is 0.930. The summed E-state index contributed by atoms with van der Waals surface area (Å²) in [7, 11) is 0. The van der Waals surface area contributed by atoms with Gasteiger partial charge in [-0.1, -0.05) is 25.5 Å². The highest BCUT2D eigenvalue weighted by Crippen LogP contribution is 2.31. The van der Waals surface area contributed by atoms with Crippen LogP contribution in [0.1, 0.15) is 44.6 Å². The highest BCUT2D eigenvalue weighted by molar-refractivity contribution is 5.83. The van der Waals surface area contributed by atoms with Gasteiger partial charge in [-0.2, -0.15) is 0 Å². The third kappa shape index (κ3) is 3.41. The van der Waals surface area contributed by atoms with Crippen molar-refractivity contribution < 1.29 is 9.18 Å². The molecule has 0 bridgehead atoms. The van der Waals surface area contributed by atoms with Crippen LogP contribution in [0.25, 0.3) is 0 Å². The van der Waals surface area contributed by atoms with E-state index in [-0.39, 0.29) is 11.7 Å². The van der Waals surface area contributed by atoms with Crippen molar-refractivity contribution in [3.8, 4) is 0 Å². The van der Waals surface area contributed by atoms with E-state index >= 15 is 0 Å². The summed E-state index contributed by atoms with van der Waals surface area (Å²) in [5, 5.41) is 0. The van der Waals surface area contributed by atoms with Crippen LogP contribution in [-0.4, -0.2) is 5.78 Å². The lowest BCUT2D eigenvalue weighted by Gasteiger charge is -2.26. The fraction of sp³-hybridized carbons (Fsp3) is 0.562. The van der Waals surface area contributed by atoms with Crippen LogP contribution in [0.15, 0.2) is 24.3 Å². The molecule has 0 unspecified atom stereocenters. The first-order valence-electron chi connectivity index (χ1n) is 6.96. The monoisotopic (exact) mass is 248 g/mol. The number of hydrogen-bond donors (Lipinski definition) is 0. The van der Waals surface area contributed by atoms with Gasteiger partial charge >= 0.3 is 0 Å². The fourth-order valence-electron chi connectivity index (χ4n) is 2.84. The molecule has 2 rings (SSSR count). The molecular formula is C16H21FO. The van der Waals surface area contributed by atoms with Gasteiger partial charge in [0.15, 0.2) is 0 Å². The van der Waals surface area contributed by atoms with Crippen LogP contribution in [0, 0.1) is 17.7 Å². The first kappa shape index (κ1) is 13.3. The highest BCUT2D eigenvalue weighted by Gasteiger charge is 2.25. The van der Waals surface area contributed by atoms with E-state index in [0.29, 0.717) is 12.2 Å². The molecule has 0 saturated heterocycles. The molecule has 1 aliphatic carbocycles. The number of halogens is 1. The Morgan fingerprint density at radius 1 is 1.17 bits per heavy atom. The normalized spacial score (nSPS) is 23.9. The van der Waals surface area contributed by atoms with E-state index in [1.807, 2.05) is 0 Å². The number of carbonyl (C=O) groups is 1. The number of ketones is 1. The SMILES string of the molecule is CCC1CCC(C(=O)Cc2ccc(F)cc2)CC1. The van der Waals surface area contributed by atoms with Crippen molar-refractivity contribution >= 4 is 5.78 Å².